The first-order valence-corrected chi connectivity index (χ1v) is 13.4. The number of hydrogen-bond acceptors (Lipinski definition) is 3. The highest BCUT2D eigenvalue weighted by Gasteiger charge is 2.12. The number of hydrogen-bond donors (Lipinski definition) is 0. The third-order valence-corrected chi connectivity index (χ3v) is 7.57. The number of ether oxygens (including phenoxy) is 2. The molecular formula is C37H26O3. The highest BCUT2D eigenvalue weighted by molar-refractivity contribution is 6.03. The Balaban J connectivity index is 1.22. The molecule has 0 radical (unpaired) electrons. The molecule has 0 N–H and O–H groups in total. The summed E-state index contributed by atoms with van der Waals surface area (Å²) in [4.78, 5) is 11.8. The lowest BCUT2D eigenvalue weighted by molar-refractivity contribution is 0.112. The molecule has 7 aromatic rings. The van der Waals surface area contributed by atoms with Crippen LogP contribution in [0.2, 0.25) is 0 Å². The first kappa shape index (κ1) is 23.9. The molecule has 0 fully saturated rings. The molecular weight excluding hydrogens is 492 g/mol. The van der Waals surface area contributed by atoms with Gasteiger partial charge in [-0.3, -0.25) is 4.79 Å². The van der Waals surface area contributed by atoms with E-state index in [1.807, 2.05) is 6.07 Å². The summed E-state index contributed by atoms with van der Waals surface area (Å²) in [6.45, 7) is 0.745. The number of carbonyl (C=O) groups is 1. The molecule has 0 amide bonds. The average molecular weight is 519 g/mol. The van der Waals surface area contributed by atoms with Crippen molar-refractivity contribution in [3.8, 4) is 11.5 Å². The molecule has 40 heavy (non-hydrogen) atoms. The van der Waals surface area contributed by atoms with Crippen LogP contribution in [0, 0.1) is 0 Å². The lowest BCUT2D eigenvalue weighted by Gasteiger charge is -2.15. The van der Waals surface area contributed by atoms with Crippen LogP contribution in [0.25, 0.3) is 43.1 Å². The Labute approximate surface area is 232 Å². The molecule has 0 aliphatic carbocycles. The van der Waals surface area contributed by atoms with Crippen LogP contribution in [0.1, 0.15) is 21.5 Å². The minimum absolute atomic E-state index is 0.373. The molecule has 7 aromatic carbocycles. The maximum Gasteiger partial charge on any atom is 0.150 e. The van der Waals surface area contributed by atoms with Crippen molar-refractivity contribution in [1.82, 2.24) is 0 Å². The van der Waals surface area contributed by atoms with Crippen LogP contribution in [0.5, 0.6) is 11.5 Å². The molecule has 0 aliphatic heterocycles. The zero-order valence-corrected chi connectivity index (χ0v) is 21.8. The topological polar surface area (TPSA) is 35.5 Å². The standard InChI is InChI=1S/C37H26O3/c38-22-25-17-30(39-23-36-32-13-5-1-9-26(32)19-27-10-2-6-14-33(27)36)21-31(18-25)40-24-37-34-15-7-3-11-28(34)20-29-12-4-8-16-35(29)37/h1-22H,23-24H2. The second-order valence-electron chi connectivity index (χ2n) is 10.0. The van der Waals surface area contributed by atoms with Gasteiger partial charge in [0.25, 0.3) is 0 Å². The molecule has 7 rings (SSSR count). The van der Waals surface area contributed by atoms with Gasteiger partial charge in [-0.25, -0.2) is 0 Å². The lowest BCUT2D eigenvalue weighted by Crippen LogP contribution is -2.01. The van der Waals surface area contributed by atoms with Crippen molar-refractivity contribution >= 4 is 49.4 Å². The number of rotatable bonds is 7. The summed E-state index contributed by atoms with van der Waals surface area (Å²) in [5, 5.41) is 9.33. The summed E-state index contributed by atoms with van der Waals surface area (Å²) >= 11 is 0. The molecule has 0 saturated carbocycles. The normalized spacial score (nSPS) is 11.3. The van der Waals surface area contributed by atoms with E-state index >= 15 is 0 Å². The third kappa shape index (κ3) is 4.42. The number of fused-ring (bicyclic) bond motifs is 4. The van der Waals surface area contributed by atoms with Crippen molar-refractivity contribution in [2.24, 2.45) is 0 Å². The zero-order valence-electron chi connectivity index (χ0n) is 21.8. The summed E-state index contributed by atoms with van der Waals surface area (Å²) in [5.74, 6) is 1.19. The number of carbonyl (C=O) groups excluding carboxylic acids is 1. The van der Waals surface area contributed by atoms with Gasteiger partial charge >= 0.3 is 0 Å². The maximum atomic E-state index is 11.8. The molecule has 0 unspecified atom stereocenters. The average Bonchev–Trinajstić information content (AvgIpc) is 3.01. The van der Waals surface area contributed by atoms with Gasteiger partial charge in [0.2, 0.25) is 0 Å². The highest BCUT2D eigenvalue weighted by Crippen LogP contribution is 2.32. The lowest BCUT2D eigenvalue weighted by atomic mass is 9.97. The van der Waals surface area contributed by atoms with Crippen molar-refractivity contribution in [2.45, 2.75) is 13.2 Å². The Hall–Kier alpha value is -5.15. The predicted octanol–water partition coefficient (Wildman–Crippen LogP) is 9.27. The van der Waals surface area contributed by atoms with Gasteiger partial charge in [-0.1, -0.05) is 97.1 Å². The largest absolute Gasteiger partial charge is 0.489 e. The van der Waals surface area contributed by atoms with E-state index in [1.54, 1.807) is 12.1 Å². The van der Waals surface area contributed by atoms with E-state index in [1.165, 1.54) is 21.5 Å². The van der Waals surface area contributed by atoms with E-state index in [9.17, 15) is 4.79 Å². The molecule has 3 heteroatoms. The van der Waals surface area contributed by atoms with Crippen molar-refractivity contribution < 1.29 is 14.3 Å². The quantitative estimate of drug-likeness (QED) is 0.156. The van der Waals surface area contributed by atoms with E-state index in [-0.39, 0.29) is 0 Å². The fraction of sp³-hybridized carbons (Fsp3) is 0.0541. The van der Waals surface area contributed by atoms with Gasteiger partial charge in [-0.2, -0.15) is 0 Å². The van der Waals surface area contributed by atoms with Crippen molar-refractivity contribution in [3.63, 3.8) is 0 Å². The van der Waals surface area contributed by atoms with Gasteiger partial charge in [0, 0.05) is 22.8 Å². The molecule has 0 heterocycles. The summed E-state index contributed by atoms with van der Waals surface area (Å²) in [6, 6.07) is 43.3. The molecule has 0 saturated heterocycles. The van der Waals surface area contributed by atoms with Gasteiger partial charge in [0.05, 0.1) is 0 Å². The molecule has 0 bridgehead atoms. The zero-order chi connectivity index (χ0) is 26.9. The van der Waals surface area contributed by atoms with Crippen LogP contribution in [0.4, 0.5) is 0 Å². The SMILES string of the molecule is O=Cc1cc(OCc2c3ccccc3cc3ccccc23)cc(OCc2c3ccccc3cc3ccccc23)c1. The van der Waals surface area contributed by atoms with E-state index in [2.05, 4.69) is 109 Å². The first-order valence-electron chi connectivity index (χ1n) is 13.4. The van der Waals surface area contributed by atoms with Gasteiger partial charge in [-0.05, 0) is 67.4 Å². The molecule has 3 nitrogen and oxygen atoms in total. The highest BCUT2D eigenvalue weighted by atomic mass is 16.5. The number of benzene rings is 7. The van der Waals surface area contributed by atoms with Crippen molar-refractivity contribution in [2.75, 3.05) is 0 Å². The molecule has 0 aliphatic rings. The van der Waals surface area contributed by atoms with Crippen LogP contribution < -0.4 is 9.47 Å². The Kier molecular flexibility index (Phi) is 6.10. The second kappa shape index (κ2) is 10.2. The Morgan fingerprint density at radius 1 is 0.450 bits per heavy atom. The third-order valence-electron chi connectivity index (χ3n) is 7.57. The van der Waals surface area contributed by atoms with E-state index in [0.29, 0.717) is 30.3 Å². The van der Waals surface area contributed by atoms with E-state index in [0.717, 1.165) is 39.0 Å². The van der Waals surface area contributed by atoms with Crippen LogP contribution >= 0.6 is 0 Å². The molecule has 0 atom stereocenters. The molecule has 0 spiro atoms. The van der Waals surface area contributed by atoms with Gasteiger partial charge < -0.3 is 9.47 Å². The fourth-order valence-electron chi connectivity index (χ4n) is 5.67. The van der Waals surface area contributed by atoms with Crippen LogP contribution in [0.15, 0.2) is 127 Å². The Morgan fingerprint density at radius 3 is 1.15 bits per heavy atom. The van der Waals surface area contributed by atoms with Crippen molar-refractivity contribution in [3.05, 3.63) is 144 Å². The van der Waals surface area contributed by atoms with Crippen molar-refractivity contribution in [1.29, 1.82) is 0 Å². The minimum atomic E-state index is 0.373. The predicted molar refractivity (Wildman–Crippen MR) is 163 cm³/mol. The van der Waals surface area contributed by atoms with Gasteiger partial charge in [0.15, 0.2) is 0 Å². The summed E-state index contributed by atoms with van der Waals surface area (Å²) < 4.78 is 12.7. The smallest absolute Gasteiger partial charge is 0.150 e. The van der Waals surface area contributed by atoms with Gasteiger partial charge in [-0.15, -0.1) is 0 Å². The Bertz CT molecular complexity index is 1790. The van der Waals surface area contributed by atoms with Crippen LogP contribution in [-0.2, 0) is 13.2 Å². The first-order chi connectivity index (χ1) is 19.8. The summed E-state index contributed by atoms with van der Waals surface area (Å²) in [6.07, 6.45) is 0.834. The molecule has 0 aromatic heterocycles. The monoisotopic (exact) mass is 518 g/mol. The van der Waals surface area contributed by atoms with E-state index in [4.69, 9.17) is 9.47 Å². The molecule has 192 valence electrons. The van der Waals surface area contributed by atoms with E-state index < -0.39 is 0 Å². The van der Waals surface area contributed by atoms with Gasteiger partial charge in [0.1, 0.15) is 31.0 Å². The van der Waals surface area contributed by atoms with Crippen LogP contribution in [-0.4, -0.2) is 6.29 Å². The maximum absolute atomic E-state index is 11.8. The summed E-state index contributed by atoms with van der Waals surface area (Å²) in [5.41, 5.74) is 2.75. The minimum Gasteiger partial charge on any atom is -0.489 e. The summed E-state index contributed by atoms with van der Waals surface area (Å²) in [7, 11) is 0. The second-order valence-corrected chi connectivity index (χ2v) is 10.0. The Morgan fingerprint density at radius 2 is 0.800 bits per heavy atom. The fourth-order valence-corrected chi connectivity index (χ4v) is 5.67. The number of aldehydes is 1. The van der Waals surface area contributed by atoms with Crippen LogP contribution in [0.3, 0.4) is 0 Å².